The summed E-state index contributed by atoms with van der Waals surface area (Å²) >= 11 is 0. The number of nitrogens with zero attached hydrogens (tertiary/aromatic N) is 1. The van der Waals surface area contributed by atoms with Crippen molar-refractivity contribution in [3.63, 3.8) is 0 Å². The number of hydrogen-bond acceptors (Lipinski definition) is 2. The van der Waals surface area contributed by atoms with Crippen molar-refractivity contribution in [1.82, 2.24) is 0 Å². The second-order valence-electron chi connectivity index (χ2n) is 7.31. The van der Waals surface area contributed by atoms with Gasteiger partial charge in [-0.3, -0.25) is 0 Å². The van der Waals surface area contributed by atoms with Crippen LogP contribution < -0.4 is 4.74 Å². The predicted molar refractivity (Wildman–Crippen MR) is 79.6 cm³/mol. The van der Waals surface area contributed by atoms with E-state index in [1.165, 1.54) is 5.56 Å². The number of hydrogen-bond donors (Lipinski definition) is 0. The van der Waals surface area contributed by atoms with Gasteiger partial charge in [-0.05, 0) is 43.6 Å². The van der Waals surface area contributed by atoms with E-state index < -0.39 is 0 Å². The molecule has 2 nitrogen and oxygen atoms in total. The van der Waals surface area contributed by atoms with Crippen molar-refractivity contribution >= 4 is 0 Å². The highest BCUT2D eigenvalue weighted by atomic mass is 16.5. The van der Waals surface area contributed by atoms with E-state index in [0.717, 1.165) is 44.5 Å². The Labute approximate surface area is 121 Å². The Hall–Kier alpha value is -1.49. The third-order valence-electron chi connectivity index (χ3n) is 5.23. The molecule has 0 amide bonds. The van der Waals surface area contributed by atoms with Crippen LogP contribution in [0, 0.1) is 22.2 Å². The highest BCUT2D eigenvalue weighted by Crippen LogP contribution is 2.50. The zero-order chi connectivity index (χ0) is 14.2. The van der Waals surface area contributed by atoms with Crippen LogP contribution in [0.2, 0.25) is 0 Å². The van der Waals surface area contributed by atoms with Crippen molar-refractivity contribution in [2.24, 2.45) is 10.8 Å². The predicted octanol–water partition coefficient (Wildman–Crippen LogP) is 4.66. The molecule has 0 bridgehead atoms. The van der Waals surface area contributed by atoms with Crippen LogP contribution in [-0.2, 0) is 0 Å². The standard InChI is InChI=1S/C18H23NO/c1-17(2)7-9-18(13-19,10-8-17)11-14-12-20-16-6-4-3-5-15(14)16/h3-6,14H,7-12H2,1-2H3. The summed E-state index contributed by atoms with van der Waals surface area (Å²) in [4.78, 5) is 0. The van der Waals surface area contributed by atoms with Crippen LogP contribution in [0.25, 0.3) is 0 Å². The van der Waals surface area contributed by atoms with Crippen LogP contribution in [0.1, 0.15) is 57.4 Å². The summed E-state index contributed by atoms with van der Waals surface area (Å²) in [6.07, 6.45) is 5.35. The summed E-state index contributed by atoms with van der Waals surface area (Å²) < 4.78 is 5.77. The van der Waals surface area contributed by atoms with Gasteiger partial charge in [0, 0.05) is 11.5 Å². The van der Waals surface area contributed by atoms with Crippen molar-refractivity contribution in [2.75, 3.05) is 6.61 Å². The van der Waals surface area contributed by atoms with Crippen LogP contribution in [0.5, 0.6) is 5.75 Å². The molecule has 106 valence electrons. The lowest BCUT2D eigenvalue weighted by molar-refractivity contribution is 0.127. The Balaban J connectivity index is 1.76. The Morgan fingerprint density at radius 1 is 1.20 bits per heavy atom. The summed E-state index contributed by atoms with van der Waals surface area (Å²) in [5.74, 6) is 1.41. The first-order chi connectivity index (χ1) is 9.54. The minimum absolute atomic E-state index is 0.138. The second kappa shape index (κ2) is 4.81. The second-order valence-corrected chi connectivity index (χ2v) is 7.31. The summed E-state index contributed by atoms with van der Waals surface area (Å²) in [5.41, 5.74) is 1.57. The van der Waals surface area contributed by atoms with Crippen molar-refractivity contribution in [1.29, 1.82) is 5.26 Å². The molecule has 0 aromatic heterocycles. The monoisotopic (exact) mass is 269 g/mol. The van der Waals surface area contributed by atoms with Gasteiger partial charge >= 0.3 is 0 Å². The molecular weight excluding hydrogens is 246 g/mol. The maximum Gasteiger partial charge on any atom is 0.122 e. The van der Waals surface area contributed by atoms with Crippen molar-refractivity contribution in [3.05, 3.63) is 29.8 Å². The fourth-order valence-electron chi connectivity index (χ4n) is 3.64. The van der Waals surface area contributed by atoms with Crippen LogP contribution >= 0.6 is 0 Å². The maximum atomic E-state index is 9.73. The molecule has 1 aliphatic heterocycles. The third-order valence-corrected chi connectivity index (χ3v) is 5.23. The lowest BCUT2D eigenvalue weighted by Gasteiger charge is -2.40. The first-order valence-corrected chi connectivity index (χ1v) is 7.67. The van der Waals surface area contributed by atoms with E-state index >= 15 is 0 Å². The van der Waals surface area contributed by atoms with Gasteiger partial charge in [0.15, 0.2) is 0 Å². The normalized spacial score (nSPS) is 26.4. The Morgan fingerprint density at radius 3 is 2.60 bits per heavy atom. The van der Waals surface area contributed by atoms with E-state index in [-0.39, 0.29) is 5.41 Å². The molecule has 20 heavy (non-hydrogen) atoms. The van der Waals surface area contributed by atoms with Crippen LogP contribution in [-0.4, -0.2) is 6.61 Å². The molecule has 1 atom stereocenters. The smallest absolute Gasteiger partial charge is 0.122 e. The highest BCUT2D eigenvalue weighted by molar-refractivity contribution is 5.40. The largest absolute Gasteiger partial charge is 0.493 e. The number of para-hydroxylation sites is 1. The maximum absolute atomic E-state index is 9.73. The van der Waals surface area contributed by atoms with E-state index in [4.69, 9.17) is 4.74 Å². The molecule has 1 unspecified atom stereocenters. The molecule has 0 N–H and O–H groups in total. The number of rotatable bonds is 2. The Morgan fingerprint density at radius 2 is 1.90 bits per heavy atom. The van der Waals surface area contributed by atoms with Crippen molar-refractivity contribution in [3.8, 4) is 11.8 Å². The fraction of sp³-hybridized carbons (Fsp3) is 0.611. The fourth-order valence-corrected chi connectivity index (χ4v) is 3.64. The summed E-state index contributed by atoms with van der Waals surface area (Å²) in [7, 11) is 0. The first-order valence-electron chi connectivity index (χ1n) is 7.67. The van der Waals surface area contributed by atoms with Gasteiger partial charge in [0.25, 0.3) is 0 Å². The van der Waals surface area contributed by atoms with E-state index in [9.17, 15) is 5.26 Å². The number of nitriles is 1. The average Bonchev–Trinajstić information content (AvgIpc) is 2.85. The minimum atomic E-state index is -0.138. The summed E-state index contributed by atoms with van der Waals surface area (Å²) in [6.45, 7) is 5.39. The topological polar surface area (TPSA) is 33.0 Å². The molecular formula is C18H23NO. The third kappa shape index (κ3) is 2.42. The van der Waals surface area contributed by atoms with Gasteiger partial charge in [-0.2, -0.15) is 5.26 Å². The summed E-state index contributed by atoms with van der Waals surface area (Å²) in [5, 5.41) is 9.73. The highest BCUT2D eigenvalue weighted by Gasteiger charge is 2.41. The zero-order valence-corrected chi connectivity index (χ0v) is 12.5. The van der Waals surface area contributed by atoms with Crippen LogP contribution in [0.4, 0.5) is 0 Å². The Bertz CT molecular complexity index is 531. The van der Waals surface area contributed by atoms with Gasteiger partial charge in [-0.25, -0.2) is 0 Å². The first kappa shape index (κ1) is 13.5. The molecule has 1 fully saturated rings. The molecule has 0 saturated heterocycles. The number of fused-ring (bicyclic) bond motifs is 1. The molecule has 1 heterocycles. The van der Waals surface area contributed by atoms with Gasteiger partial charge in [0.05, 0.1) is 18.1 Å². The minimum Gasteiger partial charge on any atom is -0.493 e. The summed E-state index contributed by atoms with van der Waals surface area (Å²) in [6, 6.07) is 10.9. The van der Waals surface area contributed by atoms with E-state index in [1.807, 2.05) is 12.1 Å². The van der Waals surface area contributed by atoms with E-state index in [1.54, 1.807) is 0 Å². The zero-order valence-electron chi connectivity index (χ0n) is 12.5. The van der Waals surface area contributed by atoms with Gasteiger partial charge in [-0.15, -0.1) is 0 Å². The molecule has 2 heteroatoms. The number of ether oxygens (including phenoxy) is 1. The van der Waals surface area contributed by atoms with Gasteiger partial charge in [0.1, 0.15) is 5.75 Å². The van der Waals surface area contributed by atoms with E-state index in [2.05, 4.69) is 32.0 Å². The quantitative estimate of drug-likeness (QED) is 0.782. The molecule has 1 aliphatic carbocycles. The van der Waals surface area contributed by atoms with Crippen LogP contribution in [0.3, 0.4) is 0 Å². The SMILES string of the molecule is CC1(C)CCC(C#N)(CC2COc3ccccc32)CC1. The van der Waals surface area contributed by atoms with Crippen molar-refractivity contribution < 1.29 is 4.74 Å². The Kier molecular flexibility index (Phi) is 3.24. The molecule has 3 rings (SSSR count). The number of benzene rings is 1. The van der Waals surface area contributed by atoms with E-state index in [0.29, 0.717) is 11.3 Å². The molecule has 0 spiro atoms. The molecule has 1 aromatic rings. The van der Waals surface area contributed by atoms with Gasteiger partial charge < -0.3 is 4.74 Å². The molecule has 1 saturated carbocycles. The lowest BCUT2D eigenvalue weighted by Crippen LogP contribution is -2.31. The molecule has 1 aromatic carbocycles. The van der Waals surface area contributed by atoms with Gasteiger partial charge in [0.2, 0.25) is 0 Å². The van der Waals surface area contributed by atoms with Crippen molar-refractivity contribution in [2.45, 2.75) is 51.9 Å². The average molecular weight is 269 g/mol. The molecule has 2 aliphatic rings. The lowest BCUT2D eigenvalue weighted by atomic mass is 9.62. The molecule has 0 radical (unpaired) electrons. The van der Waals surface area contributed by atoms with Gasteiger partial charge in [-0.1, -0.05) is 32.0 Å². The van der Waals surface area contributed by atoms with Crippen LogP contribution in [0.15, 0.2) is 24.3 Å².